The Kier molecular flexibility index (Phi) is 7.17. The van der Waals surface area contributed by atoms with Crippen molar-refractivity contribution in [2.45, 2.75) is 38.8 Å². The summed E-state index contributed by atoms with van der Waals surface area (Å²) >= 11 is 0. The largest absolute Gasteiger partial charge is 0.508 e. The second kappa shape index (κ2) is 10.0. The number of hydrogen-bond donors (Lipinski definition) is 2. The summed E-state index contributed by atoms with van der Waals surface area (Å²) in [6, 6.07) is 13.4. The number of nitrogens with zero attached hydrogens (tertiary/aromatic N) is 1. The van der Waals surface area contributed by atoms with Crippen LogP contribution in [0.2, 0.25) is 0 Å². The summed E-state index contributed by atoms with van der Waals surface area (Å²) in [7, 11) is 0. The van der Waals surface area contributed by atoms with E-state index in [1.54, 1.807) is 43.3 Å². The molecule has 1 fully saturated rings. The van der Waals surface area contributed by atoms with Gasteiger partial charge in [0.15, 0.2) is 6.10 Å². The van der Waals surface area contributed by atoms with Gasteiger partial charge in [-0.2, -0.15) is 0 Å². The number of amides is 2. The van der Waals surface area contributed by atoms with E-state index in [2.05, 4.69) is 5.32 Å². The summed E-state index contributed by atoms with van der Waals surface area (Å²) in [5, 5.41) is 12.3. The summed E-state index contributed by atoms with van der Waals surface area (Å²) in [5.74, 6) is 1.21. The standard InChI is InChI=1S/C23H28N2O5/c1-3-29-20-8-4-17(5-9-20)23(28)25-14-12-18(13-15-25)24-22(27)16(2)30-21-10-6-19(26)7-11-21/h4-11,16,18,26H,3,12-15H2,1-2H3,(H,24,27). The van der Waals surface area contributed by atoms with Crippen molar-refractivity contribution in [1.82, 2.24) is 10.2 Å². The molecule has 0 radical (unpaired) electrons. The molecule has 1 heterocycles. The Balaban J connectivity index is 1.45. The molecule has 3 rings (SSSR count). The van der Waals surface area contributed by atoms with Crippen molar-refractivity contribution in [2.75, 3.05) is 19.7 Å². The van der Waals surface area contributed by atoms with E-state index in [9.17, 15) is 14.7 Å². The molecule has 0 aliphatic carbocycles. The number of carbonyl (C=O) groups excluding carboxylic acids is 2. The zero-order chi connectivity index (χ0) is 21.5. The van der Waals surface area contributed by atoms with Gasteiger partial charge in [-0.1, -0.05) is 0 Å². The van der Waals surface area contributed by atoms with Gasteiger partial charge in [-0.3, -0.25) is 9.59 Å². The van der Waals surface area contributed by atoms with E-state index < -0.39 is 6.10 Å². The Hall–Kier alpha value is -3.22. The maximum absolute atomic E-state index is 12.7. The molecule has 2 amide bonds. The fraction of sp³-hybridized carbons (Fsp3) is 0.391. The Bertz CT molecular complexity index is 843. The van der Waals surface area contributed by atoms with E-state index >= 15 is 0 Å². The van der Waals surface area contributed by atoms with Gasteiger partial charge in [0.1, 0.15) is 17.2 Å². The molecule has 0 saturated carbocycles. The maximum atomic E-state index is 12.7. The number of aromatic hydroxyl groups is 1. The number of nitrogens with one attached hydrogen (secondary N) is 1. The molecule has 1 atom stereocenters. The van der Waals surface area contributed by atoms with Gasteiger partial charge in [-0.15, -0.1) is 0 Å². The lowest BCUT2D eigenvalue weighted by molar-refractivity contribution is -0.128. The summed E-state index contributed by atoms with van der Waals surface area (Å²) < 4.78 is 11.0. The first-order valence-corrected chi connectivity index (χ1v) is 10.2. The number of hydrogen-bond acceptors (Lipinski definition) is 5. The number of carbonyl (C=O) groups is 2. The second-order valence-corrected chi connectivity index (χ2v) is 7.29. The fourth-order valence-electron chi connectivity index (χ4n) is 3.37. The minimum atomic E-state index is -0.655. The molecule has 7 heteroatoms. The molecule has 1 aliphatic heterocycles. The van der Waals surface area contributed by atoms with Gasteiger partial charge in [-0.05, 0) is 75.2 Å². The topological polar surface area (TPSA) is 88.1 Å². The molecule has 2 N–H and O–H groups in total. The van der Waals surface area contributed by atoms with E-state index in [4.69, 9.17) is 9.47 Å². The zero-order valence-corrected chi connectivity index (χ0v) is 17.3. The Morgan fingerprint density at radius 3 is 2.27 bits per heavy atom. The Morgan fingerprint density at radius 2 is 1.67 bits per heavy atom. The van der Waals surface area contributed by atoms with Crippen molar-refractivity contribution < 1.29 is 24.2 Å². The summed E-state index contributed by atoms with van der Waals surface area (Å²) in [6.45, 7) is 5.37. The quantitative estimate of drug-likeness (QED) is 0.730. The number of likely N-dealkylation sites (tertiary alicyclic amines) is 1. The lowest BCUT2D eigenvalue weighted by Crippen LogP contribution is -2.49. The van der Waals surface area contributed by atoms with Gasteiger partial charge < -0.3 is 24.8 Å². The number of phenolic OH excluding ortho intramolecular Hbond substituents is 1. The molecule has 0 bridgehead atoms. The second-order valence-electron chi connectivity index (χ2n) is 7.29. The highest BCUT2D eigenvalue weighted by molar-refractivity contribution is 5.94. The zero-order valence-electron chi connectivity index (χ0n) is 17.3. The van der Waals surface area contributed by atoms with Crippen LogP contribution < -0.4 is 14.8 Å². The van der Waals surface area contributed by atoms with E-state index in [-0.39, 0.29) is 23.6 Å². The highest BCUT2D eigenvalue weighted by Crippen LogP contribution is 2.19. The van der Waals surface area contributed by atoms with Crippen LogP contribution in [0.15, 0.2) is 48.5 Å². The van der Waals surface area contributed by atoms with Crippen LogP contribution in [-0.4, -0.2) is 53.7 Å². The molecule has 2 aromatic rings. The summed E-state index contributed by atoms with van der Waals surface area (Å²) in [4.78, 5) is 26.9. The molecule has 1 aliphatic rings. The summed E-state index contributed by atoms with van der Waals surface area (Å²) in [6.07, 6.45) is 0.735. The molecule has 0 aromatic heterocycles. The predicted molar refractivity (Wildman–Crippen MR) is 113 cm³/mol. The molecule has 2 aromatic carbocycles. The molecular formula is C23H28N2O5. The van der Waals surface area contributed by atoms with Gasteiger partial charge >= 0.3 is 0 Å². The van der Waals surface area contributed by atoms with Gasteiger partial charge in [0.25, 0.3) is 11.8 Å². The SMILES string of the molecule is CCOc1ccc(C(=O)N2CCC(NC(=O)C(C)Oc3ccc(O)cc3)CC2)cc1. The molecule has 7 nitrogen and oxygen atoms in total. The van der Waals surface area contributed by atoms with Crippen LogP contribution >= 0.6 is 0 Å². The highest BCUT2D eigenvalue weighted by atomic mass is 16.5. The number of rotatable bonds is 7. The molecular weight excluding hydrogens is 384 g/mol. The molecule has 0 spiro atoms. The van der Waals surface area contributed by atoms with Crippen LogP contribution in [-0.2, 0) is 4.79 Å². The van der Waals surface area contributed by atoms with E-state index in [0.29, 0.717) is 43.9 Å². The van der Waals surface area contributed by atoms with Crippen molar-refractivity contribution in [3.05, 3.63) is 54.1 Å². The molecule has 30 heavy (non-hydrogen) atoms. The number of ether oxygens (including phenoxy) is 2. The lowest BCUT2D eigenvalue weighted by Gasteiger charge is -2.33. The van der Waals surface area contributed by atoms with Crippen molar-refractivity contribution in [1.29, 1.82) is 0 Å². The van der Waals surface area contributed by atoms with E-state index in [1.165, 1.54) is 12.1 Å². The fourth-order valence-corrected chi connectivity index (χ4v) is 3.37. The van der Waals surface area contributed by atoms with Crippen molar-refractivity contribution in [3.8, 4) is 17.2 Å². The third-order valence-corrected chi connectivity index (χ3v) is 5.06. The number of phenols is 1. The smallest absolute Gasteiger partial charge is 0.260 e. The molecule has 1 unspecified atom stereocenters. The first-order valence-electron chi connectivity index (χ1n) is 10.2. The lowest BCUT2D eigenvalue weighted by atomic mass is 10.0. The maximum Gasteiger partial charge on any atom is 0.260 e. The monoisotopic (exact) mass is 412 g/mol. The number of piperidine rings is 1. The van der Waals surface area contributed by atoms with Gasteiger partial charge in [0.2, 0.25) is 0 Å². The van der Waals surface area contributed by atoms with E-state index in [1.807, 2.05) is 11.8 Å². The van der Waals surface area contributed by atoms with Crippen LogP contribution in [0.5, 0.6) is 17.2 Å². The third kappa shape index (κ3) is 5.65. The average Bonchev–Trinajstić information content (AvgIpc) is 2.76. The van der Waals surface area contributed by atoms with Crippen LogP contribution in [0.1, 0.15) is 37.0 Å². The predicted octanol–water partition coefficient (Wildman–Crippen LogP) is 2.98. The first kappa shape index (κ1) is 21.5. The van der Waals surface area contributed by atoms with Crippen LogP contribution in [0.25, 0.3) is 0 Å². The minimum Gasteiger partial charge on any atom is -0.508 e. The van der Waals surface area contributed by atoms with E-state index in [0.717, 1.165) is 5.75 Å². The minimum absolute atomic E-state index is 0.00717. The van der Waals surface area contributed by atoms with Crippen molar-refractivity contribution in [2.24, 2.45) is 0 Å². The molecule has 1 saturated heterocycles. The highest BCUT2D eigenvalue weighted by Gasteiger charge is 2.26. The normalized spacial score (nSPS) is 15.3. The van der Waals surface area contributed by atoms with Gasteiger partial charge in [0, 0.05) is 24.7 Å². The average molecular weight is 412 g/mol. The summed E-state index contributed by atoms with van der Waals surface area (Å²) in [5.41, 5.74) is 0.636. The van der Waals surface area contributed by atoms with Crippen molar-refractivity contribution >= 4 is 11.8 Å². The Morgan fingerprint density at radius 1 is 1.07 bits per heavy atom. The molecule has 160 valence electrons. The first-order chi connectivity index (χ1) is 14.5. The van der Waals surface area contributed by atoms with Crippen LogP contribution in [0.3, 0.4) is 0 Å². The van der Waals surface area contributed by atoms with Gasteiger partial charge in [0.05, 0.1) is 6.61 Å². The van der Waals surface area contributed by atoms with Gasteiger partial charge in [-0.25, -0.2) is 0 Å². The number of benzene rings is 2. The van der Waals surface area contributed by atoms with Crippen LogP contribution in [0.4, 0.5) is 0 Å². The Labute approximate surface area is 176 Å². The van der Waals surface area contributed by atoms with Crippen molar-refractivity contribution in [3.63, 3.8) is 0 Å². The van der Waals surface area contributed by atoms with Crippen LogP contribution in [0, 0.1) is 0 Å². The third-order valence-electron chi connectivity index (χ3n) is 5.06.